The van der Waals surface area contributed by atoms with Crippen LogP contribution in [0, 0.1) is 11.3 Å². The zero-order valence-corrected chi connectivity index (χ0v) is 16.7. The summed E-state index contributed by atoms with van der Waals surface area (Å²) in [5, 5.41) is 26.8. The number of aromatic nitrogens is 2. The second kappa shape index (κ2) is 6.82. The number of amides is 1. The summed E-state index contributed by atoms with van der Waals surface area (Å²) in [6.45, 7) is 2.84. The van der Waals surface area contributed by atoms with Crippen LogP contribution in [-0.2, 0) is 0 Å². The number of anilines is 1. The van der Waals surface area contributed by atoms with Crippen LogP contribution in [0.5, 0.6) is 0 Å². The summed E-state index contributed by atoms with van der Waals surface area (Å²) in [7, 11) is 0. The van der Waals surface area contributed by atoms with Gasteiger partial charge in [-0.25, -0.2) is 8.91 Å². The van der Waals surface area contributed by atoms with Crippen molar-refractivity contribution in [3.63, 3.8) is 0 Å². The maximum absolute atomic E-state index is 15.3. The first kappa shape index (κ1) is 19.9. The van der Waals surface area contributed by atoms with Crippen molar-refractivity contribution in [2.45, 2.75) is 44.0 Å². The van der Waals surface area contributed by atoms with Crippen LogP contribution in [0.3, 0.4) is 0 Å². The molecule has 1 fully saturated rings. The van der Waals surface area contributed by atoms with Gasteiger partial charge in [-0.2, -0.15) is 10.4 Å². The molecule has 8 heteroatoms. The number of carbonyl (C=O) groups is 1. The van der Waals surface area contributed by atoms with Crippen molar-refractivity contribution < 1.29 is 14.3 Å². The number of rotatable bonds is 4. The van der Waals surface area contributed by atoms with Gasteiger partial charge in [0.25, 0.3) is 5.91 Å². The lowest BCUT2D eigenvalue weighted by molar-refractivity contribution is -0.0598. The minimum absolute atomic E-state index is 0.148. The molecule has 0 saturated heterocycles. The van der Waals surface area contributed by atoms with E-state index in [0.717, 1.165) is 11.1 Å². The molecular formula is C22H22FN5O2. The largest absolute Gasteiger partial charge is 0.387 e. The van der Waals surface area contributed by atoms with Crippen LogP contribution < -0.4 is 11.1 Å². The minimum Gasteiger partial charge on any atom is -0.387 e. The Hall–Kier alpha value is -3.44. The molecule has 1 aliphatic carbocycles. The van der Waals surface area contributed by atoms with E-state index < -0.39 is 23.2 Å². The molecule has 1 saturated carbocycles. The van der Waals surface area contributed by atoms with Gasteiger partial charge < -0.3 is 16.2 Å². The van der Waals surface area contributed by atoms with Crippen LogP contribution in [-0.4, -0.2) is 37.9 Å². The lowest BCUT2D eigenvalue weighted by Crippen LogP contribution is -2.50. The van der Waals surface area contributed by atoms with Crippen LogP contribution in [0.1, 0.15) is 42.6 Å². The third kappa shape index (κ3) is 3.08. The number of carbonyl (C=O) groups excluding carboxylic acids is 1. The smallest absolute Gasteiger partial charge is 0.252 e. The number of fused-ring (bicyclic) bond motifs is 1. The monoisotopic (exact) mass is 407 g/mol. The number of nitrogens with one attached hydrogen (secondary N) is 1. The van der Waals surface area contributed by atoms with E-state index in [1.54, 1.807) is 22.8 Å². The number of primary amides is 1. The number of hydrogen-bond donors (Lipinski definition) is 3. The standard InChI is InChI=1S/C22H22FN5O2/c1-21(30)8-7-18(22(21,2)23)27-19-16(20(25)29)11-26-28-12-15(9-17(19)28)14-5-3-13(10-24)4-6-14/h3-6,9,11-12,18,27,30H,7-8H2,1-2H3,(H2,25,29)/t18-,21-,22-/m1/s1. The topological polar surface area (TPSA) is 116 Å². The average Bonchev–Trinajstić information content (AvgIpc) is 3.22. The predicted molar refractivity (Wildman–Crippen MR) is 111 cm³/mol. The van der Waals surface area contributed by atoms with Gasteiger partial charge in [-0.15, -0.1) is 0 Å². The molecule has 0 unspecified atom stereocenters. The van der Waals surface area contributed by atoms with Gasteiger partial charge in [0.1, 0.15) is 0 Å². The van der Waals surface area contributed by atoms with E-state index in [4.69, 9.17) is 11.0 Å². The summed E-state index contributed by atoms with van der Waals surface area (Å²) in [6.07, 6.45) is 3.83. The zero-order valence-electron chi connectivity index (χ0n) is 16.7. The Morgan fingerprint density at radius 1 is 1.37 bits per heavy atom. The Kier molecular flexibility index (Phi) is 4.51. The molecule has 4 N–H and O–H groups in total. The molecule has 0 spiro atoms. The van der Waals surface area contributed by atoms with E-state index in [2.05, 4.69) is 16.5 Å². The Morgan fingerprint density at radius 3 is 2.63 bits per heavy atom. The molecular weight excluding hydrogens is 385 g/mol. The van der Waals surface area contributed by atoms with Crippen molar-refractivity contribution >= 4 is 17.1 Å². The first-order valence-electron chi connectivity index (χ1n) is 9.63. The van der Waals surface area contributed by atoms with Crippen molar-refractivity contribution in [2.24, 2.45) is 5.73 Å². The van der Waals surface area contributed by atoms with Gasteiger partial charge in [0.05, 0.1) is 46.2 Å². The van der Waals surface area contributed by atoms with Crippen molar-refractivity contribution in [3.05, 3.63) is 53.9 Å². The van der Waals surface area contributed by atoms with Crippen molar-refractivity contribution in [3.8, 4) is 17.2 Å². The first-order chi connectivity index (χ1) is 14.1. The van der Waals surface area contributed by atoms with Crippen LogP contribution in [0.4, 0.5) is 10.1 Å². The van der Waals surface area contributed by atoms with Crippen molar-refractivity contribution in [1.82, 2.24) is 9.61 Å². The van der Waals surface area contributed by atoms with Crippen molar-refractivity contribution in [2.75, 3.05) is 5.32 Å². The molecule has 3 atom stereocenters. The summed E-state index contributed by atoms with van der Waals surface area (Å²) in [6, 6.07) is 10.3. The van der Waals surface area contributed by atoms with Gasteiger partial charge in [0.2, 0.25) is 0 Å². The second-order valence-corrected chi connectivity index (χ2v) is 8.13. The Morgan fingerprint density at radius 2 is 2.07 bits per heavy atom. The fourth-order valence-corrected chi connectivity index (χ4v) is 3.99. The SMILES string of the molecule is C[C@@]1(O)CC[C@@H](Nc2c(C(N)=O)cnn3cc(-c4ccc(C#N)cc4)cc23)[C@@]1(C)F. The molecule has 7 nitrogen and oxygen atoms in total. The fourth-order valence-electron chi connectivity index (χ4n) is 3.99. The summed E-state index contributed by atoms with van der Waals surface area (Å²) in [5.74, 6) is -0.682. The number of alkyl halides is 1. The number of nitrogens with two attached hydrogens (primary N) is 1. The normalized spacial score (nSPS) is 25.9. The highest BCUT2D eigenvalue weighted by atomic mass is 19.1. The highest BCUT2D eigenvalue weighted by molar-refractivity contribution is 6.02. The van der Waals surface area contributed by atoms with Gasteiger partial charge in [-0.3, -0.25) is 4.79 Å². The minimum atomic E-state index is -1.90. The number of hydrogen-bond acceptors (Lipinski definition) is 5. The molecule has 1 aromatic carbocycles. The first-order valence-corrected chi connectivity index (χ1v) is 9.63. The van der Waals surface area contributed by atoms with Gasteiger partial charge >= 0.3 is 0 Å². The third-order valence-corrected chi connectivity index (χ3v) is 6.20. The number of aliphatic hydroxyl groups is 1. The van der Waals surface area contributed by atoms with Crippen LogP contribution >= 0.6 is 0 Å². The Balaban J connectivity index is 1.81. The van der Waals surface area contributed by atoms with Gasteiger partial charge in [-0.1, -0.05) is 12.1 Å². The molecule has 0 aliphatic heterocycles. The summed E-state index contributed by atoms with van der Waals surface area (Å²) < 4.78 is 16.9. The lowest BCUT2D eigenvalue weighted by atomic mass is 9.89. The molecule has 4 rings (SSSR count). The highest BCUT2D eigenvalue weighted by Crippen LogP contribution is 2.44. The van der Waals surface area contributed by atoms with Crippen LogP contribution in [0.25, 0.3) is 16.6 Å². The Bertz CT molecular complexity index is 1170. The quantitative estimate of drug-likeness (QED) is 0.615. The van der Waals surface area contributed by atoms with E-state index >= 15 is 4.39 Å². The highest BCUT2D eigenvalue weighted by Gasteiger charge is 2.55. The maximum Gasteiger partial charge on any atom is 0.252 e. The molecule has 154 valence electrons. The van der Waals surface area contributed by atoms with E-state index in [9.17, 15) is 9.90 Å². The van der Waals surface area contributed by atoms with E-state index in [0.29, 0.717) is 29.6 Å². The number of benzene rings is 1. The molecule has 30 heavy (non-hydrogen) atoms. The van der Waals surface area contributed by atoms with E-state index in [1.807, 2.05) is 18.2 Å². The molecule has 0 bridgehead atoms. The Labute approximate surface area is 172 Å². The number of halogens is 1. The molecule has 1 aliphatic rings. The molecule has 2 aromatic heterocycles. The summed E-state index contributed by atoms with van der Waals surface area (Å²) in [5.41, 5.74) is 5.50. The second-order valence-electron chi connectivity index (χ2n) is 8.13. The van der Waals surface area contributed by atoms with Crippen LogP contribution in [0.15, 0.2) is 42.7 Å². The summed E-state index contributed by atoms with van der Waals surface area (Å²) in [4.78, 5) is 12.0. The molecule has 2 heterocycles. The van der Waals surface area contributed by atoms with Gasteiger partial charge in [0, 0.05) is 11.8 Å². The zero-order chi connectivity index (χ0) is 21.7. The fraction of sp³-hybridized carbons (Fsp3) is 0.318. The number of nitrogens with zero attached hydrogens (tertiary/aromatic N) is 3. The summed E-state index contributed by atoms with van der Waals surface area (Å²) >= 11 is 0. The van der Waals surface area contributed by atoms with Gasteiger partial charge in [0.15, 0.2) is 5.67 Å². The van der Waals surface area contributed by atoms with Gasteiger partial charge in [-0.05, 0) is 50.5 Å². The maximum atomic E-state index is 15.3. The third-order valence-electron chi connectivity index (χ3n) is 6.20. The van der Waals surface area contributed by atoms with Crippen molar-refractivity contribution in [1.29, 1.82) is 5.26 Å². The van der Waals surface area contributed by atoms with Crippen LogP contribution in [0.2, 0.25) is 0 Å². The molecule has 0 radical (unpaired) electrons. The molecule has 3 aromatic rings. The van der Waals surface area contributed by atoms with E-state index in [-0.39, 0.29) is 5.56 Å². The number of nitriles is 1. The predicted octanol–water partition coefficient (Wildman–Crippen LogP) is 3.03. The lowest BCUT2D eigenvalue weighted by Gasteiger charge is -2.34. The molecule has 1 amide bonds. The average molecular weight is 407 g/mol. The van der Waals surface area contributed by atoms with E-state index in [1.165, 1.54) is 20.0 Å².